The van der Waals surface area contributed by atoms with Crippen molar-refractivity contribution in [1.29, 1.82) is 0 Å². The maximum Gasteiger partial charge on any atom is 0.307 e. The molecule has 0 aliphatic carbocycles. The van der Waals surface area contributed by atoms with Crippen LogP contribution in [0.3, 0.4) is 0 Å². The zero-order chi connectivity index (χ0) is 15.1. The van der Waals surface area contributed by atoms with Crippen LogP contribution in [0.5, 0.6) is 5.75 Å². The maximum atomic E-state index is 11.9. The lowest BCUT2D eigenvalue weighted by Crippen LogP contribution is -2.42. The Bertz CT molecular complexity index is 478. The third kappa shape index (κ3) is 5.48. The summed E-state index contributed by atoms with van der Waals surface area (Å²) in [6, 6.07) is 6.48. The van der Waals surface area contributed by atoms with E-state index in [9.17, 15) is 9.59 Å². The van der Waals surface area contributed by atoms with Crippen LogP contribution in [0, 0.1) is 0 Å². The summed E-state index contributed by atoms with van der Waals surface area (Å²) >= 11 is 5.83. The smallest absolute Gasteiger partial charge is 0.307 e. The van der Waals surface area contributed by atoms with Crippen molar-refractivity contribution in [3.63, 3.8) is 0 Å². The van der Waals surface area contributed by atoms with Crippen LogP contribution < -0.4 is 10.1 Å². The van der Waals surface area contributed by atoms with E-state index in [1.807, 2.05) is 0 Å². The maximum absolute atomic E-state index is 11.9. The molecule has 1 aromatic rings. The lowest BCUT2D eigenvalue weighted by atomic mass is 10.2. The van der Waals surface area contributed by atoms with E-state index in [4.69, 9.17) is 16.3 Å². The quantitative estimate of drug-likeness (QED) is 0.818. The first kappa shape index (κ1) is 16.3. The van der Waals surface area contributed by atoms with Crippen molar-refractivity contribution in [2.45, 2.75) is 32.4 Å². The van der Waals surface area contributed by atoms with Crippen molar-refractivity contribution in [2.24, 2.45) is 0 Å². The van der Waals surface area contributed by atoms with Crippen molar-refractivity contribution in [2.75, 3.05) is 7.11 Å². The lowest BCUT2D eigenvalue weighted by Gasteiger charge is -2.18. The monoisotopic (exact) mass is 299 g/mol. The van der Waals surface area contributed by atoms with Gasteiger partial charge in [0.15, 0.2) is 6.10 Å². The summed E-state index contributed by atoms with van der Waals surface area (Å²) in [6.45, 7) is 3.35. The van der Waals surface area contributed by atoms with Crippen molar-refractivity contribution in [3.05, 3.63) is 29.3 Å². The van der Waals surface area contributed by atoms with E-state index in [1.165, 1.54) is 7.11 Å². The highest BCUT2D eigenvalue weighted by Gasteiger charge is 2.18. The lowest BCUT2D eigenvalue weighted by molar-refractivity contribution is -0.141. The molecule has 0 saturated heterocycles. The van der Waals surface area contributed by atoms with Crippen LogP contribution >= 0.6 is 11.6 Å². The van der Waals surface area contributed by atoms with E-state index < -0.39 is 6.10 Å². The van der Waals surface area contributed by atoms with Gasteiger partial charge < -0.3 is 14.8 Å². The van der Waals surface area contributed by atoms with Gasteiger partial charge in [0.2, 0.25) is 0 Å². The average Bonchev–Trinajstić information content (AvgIpc) is 2.38. The van der Waals surface area contributed by atoms with Crippen LogP contribution in [0.25, 0.3) is 0 Å². The van der Waals surface area contributed by atoms with Gasteiger partial charge in [0.05, 0.1) is 13.5 Å². The van der Waals surface area contributed by atoms with Gasteiger partial charge in [0, 0.05) is 11.1 Å². The van der Waals surface area contributed by atoms with Gasteiger partial charge in [0.25, 0.3) is 5.91 Å². The van der Waals surface area contributed by atoms with Crippen LogP contribution in [0.4, 0.5) is 0 Å². The molecule has 0 aliphatic heterocycles. The average molecular weight is 300 g/mol. The van der Waals surface area contributed by atoms with Gasteiger partial charge in [0.1, 0.15) is 5.75 Å². The Labute approximate surface area is 123 Å². The molecule has 1 aromatic carbocycles. The molecule has 1 N–H and O–H groups in total. The summed E-state index contributed by atoms with van der Waals surface area (Å²) in [5, 5.41) is 3.22. The second-order valence-corrected chi connectivity index (χ2v) is 4.84. The Balaban J connectivity index is 2.48. The highest BCUT2D eigenvalue weighted by Crippen LogP contribution is 2.18. The Morgan fingerprint density at radius 3 is 2.65 bits per heavy atom. The third-order valence-corrected chi connectivity index (χ3v) is 2.80. The second-order valence-electron chi connectivity index (χ2n) is 4.41. The Morgan fingerprint density at radius 2 is 2.05 bits per heavy atom. The molecule has 1 amide bonds. The Kier molecular flexibility index (Phi) is 6.31. The molecule has 0 radical (unpaired) electrons. The minimum Gasteiger partial charge on any atom is -0.481 e. The van der Waals surface area contributed by atoms with Gasteiger partial charge in [-0.15, -0.1) is 0 Å². The Hall–Kier alpha value is -1.75. The zero-order valence-corrected chi connectivity index (χ0v) is 12.4. The summed E-state index contributed by atoms with van der Waals surface area (Å²) < 4.78 is 10.0. The van der Waals surface area contributed by atoms with Crippen LogP contribution in [-0.2, 0) is 14.3 Å². The fourth-order valence-corrected chi connectivity index (χ4v) is 1.72. The number of carbonyl (C=O) groups is 2. The third-order valence-electron chi connectivity index (χ3n) is 2.57. The van der Waals surface area contributed by atoms with Gasteiger partial charge in [-0.05, 0) is 32.0 Å². The summed E-state index contributed by atoms with van der Waals surface area (Å²) in [6.07, 6.45) is -0.569. The van der Waals surface area contributed by atoms with E-state index >= 15 is 0 Å². The number of esters is 1. The van der Waals surface area contributed by atoms with Crippen LogP contribution in [0.2, 0.25) is 5.02 Å². The summed E-state index contributed by atoms with van der Waals surface area (Å²) in [7, 11) is 1.31. The number of ether oxygens (including phenoxy) is 2. The summed E-state index contributed by atoms with van der Waals surface area (Å²) in [5.74, 6) is -0.164. The van der Waals surface area contributed by atoms with Crippen molar-refractivity contribution in [1.82, 2.24) is 5.32 Å². The van der Waals surface area contributed by atoms with E-state index in [-0.39, 0.29) is 24.3 Å². The largest absolute Gasteiger partial charge is 0.481 e. The highest BCUT2D eigenvalue weighted by atomic mass is 35.5. The fourth-order valence-electron chi connectivity index (χ4n) is 1.54. The van der Waals surface area contributed by atoms with E-state index in [0.29, 0.717) is 10.8 Å². The number of hydrogen-bond donors (Lipinski definition) is 1. The summed E-state index contributed by atoms with van der Waals surface area (Å²) in [4.78, 5) is 23.0. The molecule has 2 unspecified atom stereocenters. The normalized spacial score (nSPS) is 13.2. The molecule has 110 valence electrons. The molecule has 0 aromatic heterocycles. The molecule has 1 rings (SSSR count). The minimum atomic E-state index is -0.687. The molecule has 0 bridgehead atoms. The zero-order valence-electron chi connectivity index (χ0n) is 11.7. The van der Waals surface area contributed by atoms with Crippen LogP contribution in [0.15, 0.2) is 24.3 Å². The number of rotatable bonds is 6. The van der Waals surface area contributed by atoms with Gasteiger partial charge in [-0.2, -0.15) is 0 Å². The van der Waals surface area contributed by atoms with Crippen LogP contribution in [-0.4, -0.2) is 31.1 Å². The molecular weight excluding hydrogens is 282 g/mol. The second kappa shape index (κ2) is 7.75. The van der Waals surface area contributed by atoms with Gasteiger partial charge in [-0.3, -0.25) is 9.59 Å². The number of halogens is 1. The van der Waals surface area contributed by atoms with Gasteiger partial charge in [-0.1, -0.05) is 17.7 Å². The first-order chi connectivity index (χ1) is 9.42. The molecule has 0 fully saturated rings. The van der Waals surface area contributed by atoms with Crippen molar-refractivity contribution < 1.29 is 19.1 Å². The first-order valence-corrected chi connectivity index (χ1v) is 6.59. The predicted octanol–water partition coefficient (Wildman–Crippen LogP) is 2.18. The van der Waals surface area contributed by atoms with E-state index in [2.05, 4.69) is 10.1 Å². The molecule has 0 aliphatic rings. The molecule has 0 saturated carbocycles. The number of methoxy groups -OCH3 is 1. The minimum absolute atomic E-state index is 0.117. The number of nitrogens with one attached hydrogen (secondary N) is 1. The molecule has 0 heterocycles. The molecule has 0 spiro atoms. The topological polar surface area (TPSA) is 64.6 Å². The van der Waals surface area contributed by atoms with E-state index in [1.54, 1.807) is 38.1 Å². The SMILES string of the molecule is COC(=O)CC(C)NC(=O)C(C)Oc1cccc(Cl)c1. The predicted molar refractivity (Wildman–Crippen MR) is 75.8 cm³/mol. The standard InChI is InChI=1S/C14H18ClNO4/c1-9(7-13(17)19-3)16-14(18)10(2)20-12-6-4-5-11(15)8-12/h4-6,8-10H,7H2,1-3H3,(H,16,18). The molecule has 6 heteroatoms. The fraction of sp³-hybridized carbons (Fsp3) is 0.429. The van der Waals surface area contributed by atoms with Gasteiger partial charge in [-0.25, -0.2) is 0 Å². The molecule has 20 heavy (non-hydrogen) atoms. The Morgan fingerprint density at radius 1 is 1.35 bits per heavy atom. The van der Waals surface area contributed by atoms with E-state index in [0.717, 1.165) is 0 Å². The number of carbonyl (C=O) groups excluding carboxylic acids is 2. The van der Waals surface area contributed by atoms with Crippen molar-refractivity contribution >= 4 is 23.5 Å². The van der Waals surface area contributed by atoms with Crippen molar-refractivity contribution in [3.8, 4) is 5.75 Å². The summed E-state index contributed by atoms with van der Waals surface area (Å²) in [5.41, 5.74) is 0. The number of hydrogen-bond acceptors (Lipinski definition) is 4. The molecular formula is C14H18ClNO4. The number of benzene rings is 1. The highest BCUT2D eigenvalue weighted by molar-refractivity contribution is 6.30. The van der Waals surface area contributed by atoms with Gasteiger partial charge >= 0.3 is 5.97 Å². The number of amides is 1. The molecule has 5 nitrogen and oxygen atoms in total. The molecule has 2 atom stereocenters. The van der Waals surface area contributed by atoms with Crippen LogP contribution in [0.1, 0.15) is 20.3 Å². The first-order valence-electron chi connectivity index (χ1n) is 6.21.